The number of rotatable bonds is 3. The van der Waals surface area contributed by atoms with Crippen molar-refractivity contribution in [2.24, 2.45) is 0 Å². The molecular formula is C15H21NO. The number of amides is 1. The summed E-state index contributed by atoms with van der Waals surface area (Å²) in [5.74, 6) is 0.153. The standard InChI is InChI=1S/C15H21NO/c1-15(10-6-3-7-11-15)16-14(17)12-13-8-4-2-5-9-13/h2,4-5,8-9H,3,6-7,10-12H2,1H3,(H,16,17). The molecule has 0 spiro atoms. The Hall–Kier alpha value is -1.31. The lowest BCUT2D eigenvalue weighted by molar-refractivity contribution is -0.122. The molecule has 0 atom stereocenters. The van der Waals surface area contributed by atoms with Gasteiger partial charge >= 0.3 is 0 Å². The Balaban J connectivity index is 1.88. The topological polar surface area (TPSA) is 29.1 Å². The number of nitrogens with one attached hydrogen (secondary N) is 1. The first-order valence-corrected chi connectivity index (χ1v) is 6.53. The summed E-state index contributed by atoms with van der Waals surface area (Å²) in [7, 11) is 0. The minimum absolute atomic E-state index is 0.0319. The third-order valence-electron chi connectivity index (χ3n) is 3.61. The summed E-state index contributed by atoms with van der Waals surface area (Å²) < 4.78 is 0. The monoisotopic (exact) mass is 231 g/mol. The van der Waals surface area contributed by atoms with Crippen LogP contribution in [0, 0.1) is 0 Å². The first-order chi connectivity index (χ1) is 8.18. The number of hydrogen-bond acceptors (Lipinski definition) is 1. The molecule has 1 saturated carbocycles. The highest BCUT2D eigenvalue weighted by Gasteiger charge is 2.27. The maximum Gasteiger partial charge on any atom is 0.224 e. The molecule has 1 aromatic carbocycles. The Morgan fingerprint density at radius 2 is 1.82 bits per heavy atom. The van der Waals surface area contributed by atoms with Crippen molar-refractivity contribution in [2.45, 2.75) is 51.0 Å². The largest absolute Gasteiger partial charge is 0.351 e. The molecule has 2 nitrogen and oxygen atoms in total. The van der Waals surface area contributed by atoms with E-state index in [0.717, 1.165) is 18.4 Å². The molecule has 1 aromatic rings. The lowest BCUT2D eigenvalue weighted by Gasteiger charge is -2.34. The summed E-state index contributed by atoms with van der Waals surface area (Å²) in [6.07, 6.45) is 6.52. The molecule has 0 bridgehead atoms. The van der Waals surface area contributed by atoms with Gasteiger partial charge in [0.15, 0.2) is 0 Å². The Morgan fingerprint density at radius 1 is 1.18 bits per heavy atom. The van der Waals surface area contributed by atoms with Crippen molar-refractivity contribution in [3.63, 3.8) is 0 Å². The van der Waals surface area contributed by atoms with Crippen molar-refractivity contribution in [3.05, 3.63) is 35.9 Å². The van der Waals surface area contributed by atoms with E-state index in [1.54, 1.807) is 0 Å². The summed E-state index contributed by atoms with van der Waals surface area (Å²) in [5.41, 5.74) is 1.12. The summed E-state index contributed by atoms with van der Waals surface area (Å²) in [4.78, 5) is 12.0. The average molecular weight is 231 g/mol. The number of carbonyl (C=O) groups excluding carboxylic acids is 1. The van der Waals surface area contributed by atoms with E-state index >= 15 is 0 Å². The van der Waals surface area contributed by atoms with Crippen molar-refractivity contribution >= 4 is 5.91 Å². The van der Waals surface area contributed by atoms with E-state index < -0.39 is 0 Å². The molecule has 0 saturated heterocycles. The van der Waals surface area contributed by atoms with E-state index in [4.69, 9.17) is 0 Å². The minimum atomic E-state index is 0.0319. The number of hydrogen-bond donors (Lipinski definition) is 1. The minimum Gasteiger partial charge on any atom is -0.351 e. The third kappa shape index (κ3) is 3.58. The van der Waals surface area contributed by atoms with Crippen molar-refractivity contribution in [1.82, 2.24) is 5.32 Å². The molecule has 1 N–H and O–H groups in total. The maximum absolute atomic E-state index is 12.0. The lowest BCUT2D eigenvalue weighted by Crippen LogP contribution is -2.47. The first-order valence-electron chi connectivity index (χ1n) is 6.53. The van der Waals surface area contributed by atoms with Crippen molar-refractivity contribution in [2.75, 3.05) is 0 Å². The second kappa shape index (κ2) is 5.35. The van der Waals surface area contributed by atoms with Gasteiger partial charge in [0.05, 0.1) is 6.42 Å². The fraction of sp³-hybridized carbons (Fsp3) is 0.533. The van der Waals surface area contributed by atoms with Gasteiger partial charge in [0.25, 0.3) is 0 Å². The summed E-state index contributed by atoms with van der Waals surface area (Å²) >= 11 is 0. The second-order valence-corrected chi connectivity index (χ2v) is 5.33. The van der Waals surface area contributed by atoms with Gasteiger partial charge in [0.2, 0.25) is 5.91 Å². The Kier molecular flexibility index (Phi) is 3.82. The van der Waals surface area contributed by atoms with Crippen LogP contribution >= 0.6 is 0 Å². The molecular weight excluding hydrogens is 210 g/mol. The first kappa shape index (κ1) is 12.2. The van der Waals surface area contributed by atoms with E-state index in [1.165, 1.54) is 19.3 Å². The van der Waals surface area contributed by atoms with E-state index in [1.807, 2.05) is 30.3 Å². The fourth-order valence-electron chi connectivity index (χ4n) is 2.62. The van der Waals surface area contributed by atoms with Gasteiger partial charge in [-0.3, -0.25) is 4.79 Å². The third-order valence-corrected chi connectivity index (χ3v) is 3.61. The number of carbonyl (C=O) groups is 1. The highest BCUT2D eigenvalue weighted by Crippen LogP contribution is 2.27. The Bertz CT molecular complexity index is 366. The lowest BCUT2D eigenvalue weighted by atomic mass is 9.83. The van der Waals surface area contributed by atoms with Crippen LogP contribution in [-0.4, -0.2) is 11.4 Å². The second-order valence-electron chi connectivity index (χ2n) is 5.33. The molecule has 0 heterocycles. The smallest absolute Gasteiger partial charge is 0.224 e. The number of benzene rings is 1. The molecule has 1 amide bonds. The Morgan fingerprint density at radius 3 is 2.47 bits per heavy atom. The van der Waals surface area contributed by atoms with E-state index in [2.05, 4.69) is 12.2 Å². The van der Waals surface area contributed by atoms with E-state index in [9.17, 15) is 4.79 Å². The zero-order valence-corrected chi connectivity index (χ0v) is 10.5. The fourth-order valence-corrected chi connectivity index (χ4v) is 2.62. The van der Waals surface area contributed by atoms with E-state index in [-0.39, 0.29) is 11.4 Å². The molecule has 0 aromatic heterocycles. The van der Waals surface area contributed by atoms with E-state index in [0.29, 0.717) is 6.42 Å². The van der Waals surface area contributed by atoms with Gasteiger partial charge in [-0.15, -0.1) is 0 Å². The average Bonchev–Trinajstić information content (AvgIpc) is 2.30. The van der Waals surface area contributed by atoms with Crippen LogP contribution in [0.1, 0.15) is 44.6 Å². The zero-order valence-electron chi connectivity index (χ0n) is 10.5. The van der Waals surface area contributed by atoms with Gasteiger partial charge in [-0.1, -0.05) is 49.6 Å². The van der Waals surface area contributed by atoms with Crippen LogP contribution in [-0.2, 0) is 11.2 Å². The van der Waals surface area contributed by atoms with Crippen LogP contribution in [0.5, 0.6) is 0 Å². The highest BCUT2D eigenvalue weighted by molar-refractivity contribution is 5.79. The van der Waals surface area contributed by atoms with Crippen LogP contribution in [0.3, 0.4) is 0 Å². The van der Waals surface area contributed by atoms with Crippen LogP contribution < -0.4 is 5.32 Å². The Labute approximate surface area is 103 Å². The summed E-state index contributed by atoms with van der Waals surface area (Å²) in [6, 6.07) is 9.94. The molecule has 0 unspecified atom stereocenters. The molecule has 17 heavy (non-hydrogen) atoms. The van der Waals surface area contributed by atoms with Crippen LogP contribution in [0.25, 0.3) is 0 Å². The summed E-state index contributed by atoms with van der Waals surface area (Å²) in [6.45, 7) is 2.18. The molecule has 1 aliphatic carbocycles. The van der Waals surface area contributed by atoms with Gasteiger partial charge < -0.3 is 5.32 Å². The predicted octanol–water partition coefficient (Wildman–Crippen LogP) is 3.07. The molecule has 1 fully saturated rings. The quantitative estimate of drug-likeness (QED) is 0.851. The molecule has 0 radical (unpaired) electrons. The zero-order chi connectivity index (χ0) is 12.1. The van der Waals surface area contributed by atoms with Crippen LogP contribution in [0.2, 0.25) is 0 Å². The predicted molar refractivity (Wildman–Crippen MR) is 69.8 cm³/mol. The van der Waals surface area contributed by atoms with Crippen molar-refractivity contribution in [1.29, 1.82) is 0 Å². The molecule has 2 rings (SSSR count). The van der Waals surface area contributed by atoms with Gasteiger partial charge in [-0.25, -0.2) is 0 Å². The van der Waals surface area contributed by atoms with Gasteiger partial charge in [-0.05, 0) is 25.3 Å². The van der Waals surface area contributed by atoms with Crippen molar-refractivity contribution in [3.8, 4) is 0 Å². The molecule has 0 aliphatic heterocycles. The molecule has 2 heteroatoms. The van der Waals surface area contributed by atoms with Crippen LogP contribution in [0.4, 0.5) is 0 Å². The highest BCUT2D eigenvalue weighted by atomic mass is 16.1. The molecule has 1 aliphatic rings. The maximum atomic E-state index is 12.0. The van der Waals surface area contributed by atoms with Crippen molar-refractivity contribution < 1.29 is 4.79 Å². The van der Waals surface area contributed by atoms with Crippen LogP contribution in [0.15, 0.2) is 30.3 Å². The normalized spacial score (nSPS) is 18.6. The SMILES string of the molecule is CC1(NC(=O)Cc2ccccc2)CCCCC1. The van der Waals surface area contributed by atoms with Gasteiger partial charge in [-0.2, -0.15) is 0 Å². The van der Waals surface area contributed by atoms with Gasteiger partial charge in [0.1, 0.15) is 0 Å². The molecule has 92 valence electrons. The van der Waals surface area contributed by atoms with Gasteiger partial charge in [0, 0.05) is 5.54 Å². The summed E-state index contributed by atoms with van der Waals surface area (Å²) in [5, 5.41) is 3.20.